The van der Waals surface area contributed by atoms with Gasteiger partial charge in [0.05, 0.1) is 0 Å². The second-order valence-corrected chi connectivity index (χ2v) is 4.76. The number of pyridine rings is 1. The molecule has 0 radical (unpaired) electrons. The largest absolute Gasteiger partial charge is 0.385 e. The van der Waals surface area contributed by atoms with Crippen molar-refractivity contribution in [3.63, 3.8) is 0 Å². The van der Waals surface area contributed by atoms with Gasteiger partial charge in [-0.3, -0.25) is 9.78 Å². The number of nitrogens with zero attached hydrogens (tertiary/aromatic N) is 2. The highest BCUT2D eigenvalue weighted by atomic mass is 16.5. The van der Waals surface area contributed by atoms with E-state index in [0.717, 1.165) is 25.2 Å². The molecular weight excluding hydrogens is 256 g/mol. The minimum Gasteiger partial charge on any atom is -0.385 e. The molecule has 0 unspecified atom stereocenters. The van der Waals surface area contributed by atoms with Gasteiger partial charge in [-0.15, -0.1) is 0 Å². The van der Waals surface area contributed by atoms with Gasteiger partial charge in [-0.1, -0.05) is 0 Å². The zero-order chi connectivity index (χ0) is 14.8. The van der Waals surface area contributed by atoms with Crippen molar-refractivity contribution in [1.82, 2.24) is 15.2 Å². The zero-order valence-corrected chi connectivity index (χ0v) is 12.5. The molecule has 0 fully saturated rings. The first kappa shape index (κ1) is 16.4. The van der Waals surface area contributed by atoms with Crippen molar-refractivity contribution >= 4 is 11.6 Å². The summed E-state index contributed by atoms with van der Waals surface area (Å²) in [5.41, 5.74) is 1.33. The van der Waals surface area contributed by atoms with Crippen LogP contribution in [0.2, 0.25) is 0 Å². The van der Waals surface area contributed by atoms with E-state index in [1.54, 1.807) is 19.4 Å². The number of likely N-dealkylation sites (N-methyl/N-ethyl adjacent to an activating group) is 1. The van der Waals surface area contributed by atoms with Gasteiger partial charge in [-0.2, -0.15) is 0 Å². The van der Waals surface area contributed by atoms with Gasteiger partial charge in [-0.05, 0) is 32.6 Å². The molecule has 0 saturated carbocycles. The maximum atomic E-state index is 11.9. The third-order valence-corrected chi connectivity index (χ3v) is 2.69. The van der Waals surface area contributed by atoms with E-state index in [-0.39, 0.29) is 5.91 Å². The Hall–Kier alpha value is -1.66. The van der Waals surface area contributed by atoms with Gasteiger partial charge in [0.25, 0.3) is 5.91 Å². The van der Waals surface area contributed by atoms with Crippen LogP contribution in [0.5, 0.6) is 0 Å². The Labute approximate surface area is 120 Å². The van der Waals surface area contributed by atoms with Crippen molar-refractivity contribution in [2.45, 2.75) is 6.42 Å². The molecule has 1 aromatic rings. The molecule has 0 atom stereocenters. The highest BCUT2D eigenvalue weighted by Crippen LogP contribution is 2.07. The van der Waals surface area contributed by atoms with Crippen LogP contribution < -0.4 is 10.6 Å². The summed E-state index contributed by atoms with van der Waals surface area (Å²) in [6.45, 7) is 2.99. The van der Waals surface area contributed by atoms with E-state index in [9.17, 15) is 4.79 Å². The molecule has 20 heavy (non-hydrogen) atoms. The Morgan fingerprint density at radius 3 is 2.90 bits per heavy atom. The average molecular weight is 280 g/mol. The van der Waals surface area contributed by atoms with E-state index in [0.29, 0.717) is 18.8 Å². The maximum Gasteiger partial charge on any atom is 0.269 e. The van der Waals surface area contributed by atoms with Gasteiger partial charge in [-0.25, -0.2) is 0 Å². The smallest absolute Gasteiger partial charge is 0.269 e. The first-order valence-corrected chi connectivity index (χ1v) is 6.75. The normalized spacial score (nSPS) is 10.6. The number of hydrogen-bond acceptors (Lipinski definition) is 5. The van der Waals surface area contributed by atoms with Crippen molar-refractivity contribution in [2.24, 2.45) is 0 Å². The van der Waals surface area contributed by atoms with Crippen molar-refractivity contribution in [2.75, 3.05) is 52.8 Å². The van der Waals surface area contributed by atoms with Gasteiger partial charge in [0.15, 0.2) is 0 Å². The van der Waals surface area contributed by atoms with Crippen molar-refractivity contribution in [1.29, 1.82) is 0 Å². The van der Waals surface area contributed by atoms with Gasteiger partial charge < -0.3 is 20.3 Å². The van der Waals surface area contributed by atoms with Crippen LogP contribution in [0.1, 0.15) is 16.9 Å². The summed E-state index contributed by atoms with van der Waals surface area (Å²) >= 11 is 0. The third kappa shape index (κ3) is 6.49. The monoisotopic (exact) mass is 280 g/mol. The molecule has 1 heterocycles. The highest BCUT2D eigenvalue weighted by Gasteiger charge is 2.07. The molecule has 1 aromatic heterocycles. The number of anilines is 1. The van der Waals surface area contributed by atoms with Crippen molar-refractivity contribution < 1.29 is 9.53 Å². The summed E-state index contributed by atoms with van der Waals surface area (Å²) < 4.78 is 4.93. The summed E-state index contributed by atoms with van der Waals surface area (Å²) in [5.74, 6) is -0.155. The van der Waals surface area contributed by atoms with Gasteiger partial charge in [0.1, 0.15) is 5.69 Å². The molecule has 112 valence electrons. The first-order valence-electron chi connectivity index (χ1n) is 6.75. The molecule has 0 spiro atoms. The molecule has 1 amide bonds. The number of carbonyl (C=O) groups excluding carboxylic acids is 1. The Balaban J connectivity index is 2.43. The predicted molar refractivity (Wildman–Crippen MR) is 80.1 cm³/mol. The lowest BCUT2D eigenvalue weighted by atomic mass is 10.3. The van der Waals surface area contributed by atoms with Crippen LogP contribution in [0.3, 0.4) is 0 Å². The molecule has 0 bridgehead atoms. The van der Waals surface area contributed by atoms with Gasteiger partial charge in [0.2, 0.25) is 0 Å². The first-order chi connectivity index (χ1) is 9.63. The summed E-state index contributed by atoms with van der Waals surface area (Å²) in [6, 6.07) is 3.62. The lowest BCUT2D eigenvalue weighted by Gasteiger charge is -2.12. The second-order valence-electron chi connectivity index (χ2n) is 4.76. The van der Waals surface area contributed by atoms with E-state index < -0.39 is 0 Å². The molecule has 0 aliphatic rings. The summed E-state index contributed by atoms with van der Waals surface area (Å²) in [7, 11) is 5.69. The zero-order valence-electron chi connectivity index (χ0n) is 12.5. The maximum absolute atomic E-state index is 11.9. The Kier molecular flexibility index (Phi) is 7.60. The topological polar surface area (TPSA) is 66.5 Å². The van der Waals surface area contributed by atoms with Crippen LogP contribution in [0.4, 0.5) is 5.69 Å². The average Bonchev–Trinajstić information content (AvgIpc) is 2.43. The molecule has 0 saturated heterocycles. The molecule has 0 aliphatic heterocycles. The highest BCUT2D eigenvalue weighted by molar-refractivity contribution is 5.93. The van der Waals surface area contributed by atoms with Crippen LogP contribution in [0, 0.1) is 0 Å². The Morgan fingerprint density at radius 1 is 1.40 bits per heavy atom. The predicted octanol–water partition coefficient (Wildman–Crippen LogP) is 0.821. The number of methoxy groups -OCH3 is 1. The third-order valence-electron chi connectivity index (χ3n) is 2.69. The number of nitrogens with one attached hydrogen (secondary N) is 2. The number of amides is 1. The summed E-state index contributed by atoms with van der Waals surface area (Å²) in [4.78, 5) is 18.1. The fourth-order valence-electron chi connectivity index (χ4n) is 1.60. The van der Waals surface area contributed by atoms with Crippen LogP contribution in [-0.2, 0) is 4.74 Å². The lowest BCUT2D eigenvalue weighted by molar-refractivity contribution is 0.0943. The summed E-state index contributed by atoms with van der Waals surface area (Å²) in [5, 5.41) is 6.08. The van der Waals surface area contributed by atoms with E-state index in [2.05, 4.69) is 20.5 Å². The summed E-state index contributed by atoms with van der Waals surface area (Å²) in [6.07, 6.45) is 2.44. The Morgan fingerprint density at radius 2 is 2.20 bits per heavy atom. The standard InChI is InChI=1S/C14H24N4O2/c1-18(2)9-8-15-12-5-7-16-13(11-12)14(19)17-6-4-10-20-3/h5,7,11H,4,6,8-10H2,1-3H3,(H,15,16)(H,17,19). The van der Waals surface area contributed by atoms with Crippen LogP contribution in [0.15, 0.2) is 18.3 Å². The van der Waals surface area contributed by atoms with E-state index >= 15 is 0 Å². The van der Waals surface area contributed by atoms with E-state index in [4.69, 9.17) is 4.74 Å². The SMILES string of the molecule is COCCCNC(=O)c1cc(NCCN(C)C)ccn1. The molecule has 6 heteroatoms. The lowest BCUT2D eigenvalue weighted by Crippen LogP contribution is -2.26. The fraction of sp³-hybridized carbons (Fsp3) is 0.571. The number of rotatable bonds is 9. The minimum atomic E-state index is -0.155. The fourth-order valence-corrected chi connectivity index (χ4v) is 1.60. The van der Waals surface area contributed by atoms with Crippen molar-refractivity contribution in [3.8, 4) is 0 Å². The molecule has 0 aliphatic carbocycles. The van der Waals surface area contributed by atoms with Gasteiger partial charge in [0, 0.05) is 45.2 Å². The number of aromatic nitrogens is 1. The Bertz CT molecular complexity index is 410. The van der Waals surface area contributed by atoms with Crippen molar-refractivity contribution in [3.05, 3.63) is 24.0 Å². The van der Waals surface area contributed by atoms with E-state index in [1.165, 1.54) is 0 Å². The second kappa shape index (κ2) is 9.28. The number of carbonyl (C=O) groups is 1. The number of ether oxygens (including phenoxy) is 1. The molecular formula is C14H24N4O2. The molecule has 6 nitrogen and oxygen atoms in total. The quantitative estimate of drug-likeness (QED) is 0.656. The van der Waals surface area contributed by atoms with Crippen LogP contribution >= 0.6 is 0 Å². The molecule has 0 aromatic carbocycles. The number of hydrogen-bond donors (Lipinski definition) is 2. The molecule has 2 N–H and O–H groups in total. The van der Waals surface area contributed by atoms with Crippen LogP contribution in [0.25, 0.3) is 0 Å². The molecule has 1 rings (SSSR count). The minimum absolute atomic E-state index is 0.155. The van der Waals surface area contributed by atoms with Gasteiger partial charge >= 0.3 is 0 Å². The van der Waals surface area contributed by atoms with E-state index in [1.807, 2.05) is 20.2 Å². The van der Waals surface area contributed by atoms with Crippen LogP contribution in [-0.4, -0.2) is 63.2 Å².